The van der Waals surface area contributed by atoms with Gasteiger partial charge in [0, 0.05) is 17.2 Å². The Balaban J connectivity index is 1.78. The van der Waals surface area contributed by atoms with Gasteiger partial charge in [-0.15, -0.1) is 0 Å². The normalized spacial score (nSPS) is 11.2. The number of fused-ring (bicyclic) bond motifs is 1. The number of nitrogens with zero attached hydrogens (tertiary/aromatic N) is 1. The van der Waals surface area contributed by atoms with Crippen molar-refractivity contribution in [1.82, 2.24) is 15.0 Å². The van der Waals surface area contributed by atoms with Crippen molar-refractivity contribution in [2.24, 2.45) is 0 Å². The largest absolute Gasteiger partial charge is 0.325 e. The molecule has 0 atom stereocenters. The molecule has 2 aromatic heterocycles. The van der Waals surface area contributed by atoms with Crippen LogP contribution in [-0.4, -0.2) is 15.0 Å². The van der Waals surface area contributed by atoms with E-state index in [2.05, 4.69) is 15.0 Å². The lowest BCUT2D eigenvalue weighted by Gasteiger charge is -2.07. The summed E-state index contributed by atoms with van der Waals surface area (Å²) in [7, 11) is 0. The smallest absolute Gasteiger partial charge is 0.304 e. The molecule has 0 amide bonds. The molecule has 0 fully saturated rings. The first-order chi connectivity index (χ1) is 12.4. The van der Waals surface area contributed by atoms with E-state index in [4.69, 9.17) is 11.6 Å². The summed E-state index contributed by atoms with van der Waals surface area (Å²) in [5.41, 5.74) is 1.79. The average Bonchev–Trinajstić information content (AvgIpc) is 2.96. The Hall–Kier alpha value is -3.06. The van der Waals surface area contributed by atoms with Crippen LogP contribution >= 0.6 is 11.6 Å². The quantitative estimate of drug-likeness (QED) is 0.501. The Kier molecular flexibility index (Phi) is 3.81. The first-order valence-corrected chi connectivity index (χ1v) is 7.84. The Labute approximate surface area is 149 Å². The monoisotopic (exact) mass is 375 g/mol. The SMILES string of the molecule is O=c1[nH]c2cc(Cl)c(-c3ccc(-c4cc(F)c(F)cc4F)cc3)nc2[nH]1. The van der Waals surface area contributed by atoms with Crippen molar-refractivity contribution < 1.29 is 13.2 Å². The van der Waals surface area contributed by atoms with Crippen LogP contribution < -0.4 is 5.69 Å². The average molecular weight is 376 g/mol. The fourth-order valence-corrected chi connectivity index (χ4v) is 2.95. The molecule has 4 nitrogen and oxygen atoms in total. The zero-order chi connectivity index (χ0) is 18.4. The maximum Gasteiger partial charge on any atom is 0.325 e. The molecule has 0 unspecified atom stereocenters. The summed E-state index contributed by atoms with van der Waals surface area (Å²) in [6.07, 6.45) is 0. The Morgan fingerprint density at radius 2 is 1.50 bits per heavy atom. The summed E-state index contributed by atoms with van der Waals surface area (Å²) >= 11 is 6.22. The minimum atomic E-state index is -1.24. The highest BCUT2D eigenvalue weighted by Gasteiger charge is 2.13. The van der Waals surface area contributed by atoms with E-state index in [1.807, 2.05) is 0 Å². The van der Waals surface area contributed by atoms with E-state index in [1.54, 1.807) is 30.3 Å². The molecule has 0 saturated carbocycles. The number of hydrogen-bond acceptors (Lipinski definition) is 2. The lowest BCUT2D eigenvalue weighted by molar-refractivity contribution is 0.496. The zero-order valence-electron chi connectivity index (χ0n) is 12.9. The molecule has 0 spiro atoms. The van der Waals surface area contributed by atoms with E-state index in [0.717, 1.165) is 6.07 Å². The summed E-state index contributed by atoms with van der Waals surface area (Å²) in [6.45, 7) is 0. The summed E-state index contributed by atoms with van der Waals surface area (Å²) in [5.74, 6) is -3.23. The summed E-state index contributed by atoms with van der Waals surface area (Å²) in [6, 6.07) is 9.23. The lowest BCUT2D eigenvalue weighted by Crippen LogP contribution is -1.99. The Morgan fingerprint density at radius 1 is 0.846 bits per heavy atom. The van der Waals surface area contributed by atoms with Gasteiger partial charge >= 0.3 is 5.69 Å². The second-order valence-corrected chi connectivity index (χ2v) is 6.02. The van der Waals surface area contributed by atoms with Crippen LogP contribution in [0.25, 0.3) is 33.5 Å². The van der Waals surface area contributed by atoms with Crippen molar-refractivity contribution >= 4 is 22.8 Å². The molecular weight excluding hydrogens is 367 g/mol. The van der Waals surface area contributed by atoms with Gasteiger partial charge < -0.3 is 4.98 Å². The maximum absolute atomic E-state index is 13.9. The van der Waals surface area contributed by atoms with Crippen molar-refractivity contribution in [2.75, 3.05) is 0 Å². The van der Waals surface area contributed by atoms with Crippen LogP contribution in [0, 0.1) is 17.5 Å². The fourth-order valence-electron chi connectivity index (χ4n) is 2.69. The number of pyridine rings is 1. The number of aromatic nitrogens is 3. The standard InChI is InChI=1S/C18H9ClF3N3O/c19-11-6-15-17(25-18(26)23-15)24-16(11)9-3-1-8(2-4-9)10-5-13(21)14(22)7-12(10)20/h1-7H,(H2,23,24,25,26). The van der Waals surface area contributed by atoms with Crippen LogP contribution in [-0.2, 0) is 0 Å². The highest BCUT2D eigenvalue weighted by molar-refractivity contribution is 6.33. The van der Waals surface area contributed by atoms with Crippen LogP contribution in [0.5, 0.6) is 0 Å². The van der Waals surface area contributed by atoms with Crippen molar-refractivity contribution in [1.29, 1.82) is 0 Å². The van der Waals surface area contributed by atoms with Gasteiger partial charge in [-0.2, -0.15) is 0 Å². The van der Waals surface area contributed by atoms with E-state index >= 15 is 0 Å². The van der Waals surface area contributed by atoms with Crippen LogP contribution in [0.15, 0.2) is 47.3 Å². The predicted molar refractivity (Wildman–Crippen MR) is 92.5 cm³/mol. The molecule has 0 saturated heterocycles. The van der Waals surface area contributed by atoms with Crippen molar-refractivity contribution in [2.45, 2.75) is 0 Å². The van der Waals surface area contributed by atoms with Gasteiger partial charge in [0.2, 0.25) is 0 Å². The molecule has 2 aromatic carbocycles. The topological polar surface area (TPSA) is 61.5 Å². The van der Waals surface area contributed by atoms with Gasteiger partial charge in [-0.3, -0.25) is 4.98 Å². The second-order valence-electron chi connectivity index (χ2n) is 5.62. The highest BCUT2D eigenvalue weighted by Crippen LogP contribution is 2.31. The van der Waals surface area contributed by atoms with E-state index in [0.29, 0.717) is 39.1 Å². The molecule has 4 aromatic rings. The molecule has 0 bridgehead atoms. The zero-order valence-corrected chi connectivity index (χ0v) is 13.7. The third-order valence-electron chi connectivity index (χ3n) is 3.94. The minimum Gasteiger partial charge on any atom is -0.304 e. The molecule has 0 aliphatic heterocycles. The molecule has 0 radical (unpaired) electrons. The number of benzene rings is 2. The number of aromatic amines is 2. The molecule has 0 aliphatic carbocycles. The van der Waals surface area contributed by atoms with Gasteiger partial charge in [-0.25, -0.2) is 22.9 Å². The first-order valence-electron chi connectivity index (χ1n) is 7.46. The van der Waals surface area contributed by atoms with E-state index in [9.17, 15) is 18.0 Å². The molecule has 26 heavy (non-hydrogen) atoms. The number of halogens is 4. The van der Waals surface area contributed by atoms with Crippen molar-refractivity contribution in [3.8, 4) is 22.4 Å². The van der Waals surface area contributed by atoms with Crippen molar-refractivity contribution in [3.63, 3.8) is 0 Å². The Bertz CT molecular complexity index is 1200. The van der Waals surface area contributed by atoms with Crippen LogP contribution in [0.1, 0.15) is 0 Å². The van der Waals surface area contributed by atoms with Gasteiger partial charge in [-0.1, -0.05) is 35.9 Å². The number of hydrogen-bond donors (Lipinski definition) is 2. The first kappa shape index (κ1) is 16.4. The van der Waals surface area contributed by atoms with Crippen LogP contribution in [0.4, 0.5) is 13.2 Å². The summed E-state index contributed by atoms with van der Waals surface area (Å²) in [4.78, 5) is 20.8. The fraction of sp³-hybridized carbons (Fsp3) is 0. The Morgan fingerprint density at radius 3 is 2.23 bits per heavy atom. The highest BCUT2D eigenvalue weighted by atomic mass is 35.5. The lowest BCUT2D eigenvalue weighted by atomic mass is 10.0. The number of rotatable bonds is 2. The molecule has 2 N–H and O–H groups in total. The number of nitrogens with one attached hydrogen (secondary N) is 2. The van der Waals surface area contributed by atoms with Gasteiger partial charge in [0.15, 0.2) is 17.3 Å². The van der Waals surface area contributed by atoms with Crippen molar-refractivity contribution in [3.05, 3.63) is 75.4 Å². The van der Waals surface area contributed by atoms with Gasteiger partial charge in [0.25, 0.3) is 0 Å². The molecule has 0 aliphatic rings. The summed E-state index contributed by atoms with van der Waals surface area (Å²) in [5, 5.41) is 0.319. The molecule has 130 valence electrons. The van der Waals surface area contributed by atoms with Crippen LogP contribution in [0.3, 0.4) is 0 Å². The third kappa shape index (κ3) is 2.76. The molecule has 4 rings (SSSR count). The molecule has 8 heteroatoms. The number of H-pyrrole nitrogens is 2. The molecule has 2 heterocycles. The minimum absolute atomic E-state index is 0.0556. The van der Waals surface area contributed by atoms with Gasteiger partial charge in [0.05, 0.1) is 16.2 Å². The predicted octanol–water partition coefficient (Wildman–Crippen LogP) is 4.66. The van der Waals surface area contributed by atoms with E-state index in [1.165, 1.54) is 0 Å². The maximum atomic E-state index is 13.9. The van der Waals surface area contributed by atoms with E-state index in [-0.39, 0.29) is 5.56 Å². The van der Waals surface area contributed by atoms with Gasteiger partial charge in [0.1, 0.15) is 5.82 Å². The van der Waals surface area contributed by atoms with Crippen LogP contribution in [0.2, 0.25) is 5.02 Å². The second kappa shape index (κ2) is 6.03. The van der Waals surface area contributed by atoms with Gasteiger partial charge in [-0.05, 0) is 17.7 Å². The van der Waals surface area contributed by atoms with E-state index < -0.39 is 23.1 Å². The third-order valence-corrected chi connectivity index (χ3v) is 4.22. The summed E-state index contributed by atoms with van der Waals surface area (Å²) < 4.78 is 40.4. The number of imidazole rings is 1. The molecular formula is C18H9ClF3N3O.